The molecule has 1 aromatic carbocycles. The first-order valence-corrected chi connectivity index (χ1v) is 8.24. The number of hydrogen-bond acceptors (Lipinski definition) is 3. The van der Waals surface area contributed by atoms with E-state index in [4.69, 9.17) is 5.84 Å². The Kier molecular flexibility index (Phi) is 4.34. The lowest BCUT2D eigenvalue weighted by molar-refractivity contribution is 0.333. The number of hydrogen-bond donors (Lipinski definition) is 2. The number of nitrogens with one attached hydrogen (secondary N) is 1. The van der Waals surface area contributed by atoms with Gasteiger partial charge in [-0.15, -0.1) is 11.3 Å². The van der Waals surface area contributed by atoms with E-state index in [0.717, 1.165) is 10.1 Å². The van der Waals surface area contributed by atoms with E-state index >= 15 is 0 Å². The third-order valence-electron chi connectivity index (χ3n) is 4.36. The van der Waals surface area contributed by atoms with Crippen molar-refractivity contribution >= 4 is 21.4 Å². The van der Waals surface area contributed by atoms with Gasteiger partial charge in [-0.2, -0.15) is 0 Å². The summed E-state index contributed by atoms with van der Waals surface area (Å²) < 4.78 is 14.3. The van der Waals surface area contributed by atoms with Gasteiger partial charge in [-0.3, -0.25) is 11.3 Å². The van der Waals surface area contributed by atoms with E-state index < -0.39 is 0 Å². The Bertz CT molecular complexity index is 573. The number of benzene rings is 1. The van der Waals surface area contributed by atoms with E-state index in [-0.39, 0.29) is 11.9 Å². The minimum absolute atomic E-state index is 0.169. The molecule has 0 spiro atoms. The average molecular weight is 292 g/mol. The molecule has 20 heavy (non-hydrogen) atoms. The van der Waals surface area contributed by atoms with Crippen molar-refractivity contribution in [3.8, 4) is 0 Å². The number of hydrazine groups is 1. The first-order chi connectivity index (χ1) is 9.78. The van der Waals surface area contributed by atoms with Crippen LogP contribution in [0, 0.1) is 11.7 Å². The summed E-state index contributed by atoms with van der Waals surface area (Å²) in [5.74, 6) is 6.25. The molecule has 1 saturated carbocycles. The number of rotatable bonds is 3. The molecule has 3 N–H and O–H groups in total. The molecule has 108 valence electrons. The summed E-state index contributed by atoms with van der Waals surface area (Å²) in [7, 11) is 0. The van der Waals surface area contributed by atoms with Crippen molar-refractivity contribution < 1.29 is 4.39 Å². The molecule has 1 atom stereocenters. The second kappa shape index (κ2) is 6.20. The molecule has 0 saturated heterocycles. The zero-order chi connectivity index (χ0) is 13.9. The van der Waals surface area contributed by atoms with E-state index in [0.29, 0.717) is 5.92 Å². The van der Waals surface area contributed by atoms with Crippen LogP contribution in [-0.4, -0.2) is 0 Å². The van der Waals surface area contributed by atoms with Crippen molar-refractivity contribution in [2.45, 2.75) is 44.6 Å². The van der Waals surface area contributed by atoms with Crippen molar-refractivity contribution in [1.29, 1.82) is 0 Å². The van der Waals surface area contributed by atoms with E-state index in [9.17, 15) is 4.39 Å². The Labute approximate surface area is 123 Å². The first-order valence-electron chi connectivity index (χ1n) is 7.43. The summed E-state index contributed by atoms with van der Waals surface area (Å²) in [6, 6.07) is 7.35. The first kappa shape index (κ1) is 14.0. The fourth-order valence-corrected chi connectivity index (χ4v) is 4.52. The SMILES string of the molecule is NNC(c1cc2ccc(F)cc2s1)C1CCCCCC1. The van der Waals surface area contributed by atoms with E-state index in [1.54, 1.807) is 17.4 Å². The van der Waals surface area contributed by atoms with Gasteiger partial charge < -0.3 is 0 Å². The lowest BCUT2D eigenvalue weighted by Crippen LogP contribution is -2.32. The maximum Gasteiger partial charge on any atom is 0.124 e. The van der Waals surface area contributed by atoms with Crippen molar-refractivity contribution in [3.63, 3.8) is 0 Å². The second-order valence-electron chi connectivity index (χ2n) is 5.73. The minimum atomic E-state index is -0.169. The average Bonchev–Trinajstić information content (AvgIpc) is 2.67. The maximum atomic E-state index is 13.3. The van der Waals surface area contributed by atoms with Crippen LogP contribution in [0.1, 0.15) is 49.4 Å². The van der Waals surface area contributed by atoms with Crippen LogP contribution in [0.25, 0.3) is 10.1 Å². The van der Waals surface area contributed by atoms with Crippen molar-refractivity contribution in [1.82, 2.24) is 5.43 Å². The van der Waals surface area contributed by atoms with E-state index in [1.807, 2.05) is 6.07 Å². The second-order valence-corrected chi connectivity index (χ2v) is 6.84. The Morgan fingerprint density at radius 3 is 2.60 bits per heavy atom. The van der Waals surface area contributed by atoms with Crippen molar-refractivity contribution in [2.75, 3.05) is 0 Å². The summed E-state index contributed by atoms with van der Waals surface area (Å²) in [6.07, 6.45) is 7.73. The van der Waals surface area contributed by atoms with Crippen LogP contribution in [0.15, 0.2) is 24.3 Å². The quantitative estimate of drug-likeness (QED) is 0.496. The molecule has 1 fully saturated rings. The lowest BCUT2D eigenvalue weighted by atomic mass is 9.91. The molecule has 2 aromatic rings. The fraction of sp³-hybridized carbons (Fsp3) is 0.500. The number of nitrogens with two attached hydrogens (primary N) is 1. The van der Waals surface area contributed by atoms with Crippen LogP contribution < -0.4 is 11.3 Å². The number of fused-ring (bicyclic) bond motifs is 1. The van der Waals surface area contributed by atoms with Gasteiger partial charge in [0.2, 0.25) is 0 Å². The highest BCUT2D eigenvalue weighted by atomic mass is 32.1. The van der Waals surface area contributed by atoms with Crippen LogP contribution in [0.3, 0.4) is 0 Å². The van der Waals surface area contributed by atoms with Crippen LogP contribution in [0.4, 0.5) is 4.39 Å². The molecule has 1 unspecified atom stereocenters. The molecule has 1 aliphatic carbocycles. The molecule has 2 nitrogen and oxygen atoms in total. The predicted molar refractivity (Wildman–Crippen MR) is 83.0 cm³/mol. The monoisotopic (exact) mass is 292 g/mol. The summed E-state index contributed by atoms with van der Waals surface area (Å²) >= 11 is 1.66. The number of halogens is 1. The molecule has 1 heterocycles. The highest BCUT2D eigenvalue weighted by Crippen LogP contribution is 2.38. The third kappa shape index (κ3) is 2.87. The van der Waals surface area contributed by atoms with Gasteiger partial charge in [0.15, 0.2) is 0 Å². The van der Waals surface area contributed by atoms with Gasteiger partial charge >= 0.3 is 0 Å². The normalized spacial score (nSPS) is 19.1. The number of thiophene rings is 1. The molecule has 1 aliphatic rings. The smallest absolute Gasteiger partial charge is 0.124 e. The third-order valence-corrected chi connectivity index (χ3v) is 5.54. The van der Waals surface area contributed by atoms with Crippen LogP contribution in [0.5, 0.6) is 0 Å². The Hall–Kier alpha value is -0.970. The van der Waals surface area contributed by atoms with Gasteiger partial charge in [0, 0.05) is 9.58 Å². The Morgan fingerprint density at radius 2 is 1.90 bits per heavy atom. The Balaban J connectivity index is 1.89. The van der Waals surface area contributed by atoms with E-state index in [2.05, 4.69) is 11.5 Å². The molecule has 1 aromatic heterocycles. The zero-order valence-electron chi connectivity index (χ0n) is 11.6. The fourth-order valence-electron chi connectivity index (χ4n) is 3.27. The molecular formula is C16H21FN2S. The molecule has 3 rings (SSSR count). The van der Waals surface area contributed by atoms with Gasteiger partial charge in [-0.1, -0.05) is 31.7 Å². The van der Waals surface area contributed by atoms with Crippen molar-refractivity contribution in [3.05, 3.63) is 35.0 Å². The molecule has 4 heteroatoms. The van der Waals surface area contributed by atoms with Crippen LogP contribution in [-0.2, 0) is 0 Å². The summed E-state index contributed by atoms with van der Waals surface area (Å²) in [4.78, 5) is 1.24. The predicted octanol–water partition coefficient (Wildman–Crippen LogP) is 4.52. The topological polar surface area (TPSA) is 38.0 Å². The molecule has 0 amide bonds. The van der Waals surface area contributed by atoms with Crippen LogP contribution >= 0.6 is 11.3 Å². The summed E-state index contributed by atoms with van der Waals surface area (Å²) in [5, 5.41) is 1.11. The molecule has 0 bridgehead atoms. The molecular weight excluding hydrogens is 271 g/mol. The minimum Gasteiger partial charge on any atom is -0.271 e. The highest BCUT2D eigenvalue weighted by molar-refractivity contribution is 7.19. The van der Waals surface area contributed by atoms with Gasteiger partial charge in [0.05, 0.1) is 6.04 Å². The van der Waals surface area contributed by atoms with Gasteiger partial charge in [-0.05, 0) is 42.3 Å². The largest absolute Gasteiger partial charge is 0.271 e. The zero-order valence-corrected chi connectivity index (χ0v) is 12.4. The van der Waals surface area contributed by atoms with E-state index in [1.165, 1.54) is 49.5 Å². The Morgan fingerprint density at radius 1 is 1.15 bits per heavy atom. The maximum absolute atomic E-state index is 13.3. The van der Waals surface area contributed by atoms with Gasteiger partial charge in [-0.25, -0.2) is 4.39 Å². The molecule has 0 aliphatic heterocycles. The van der Waals surface area contributed by atoms with Crippen LogP contribution in [0.2, 0.25) is 0 Å². The summed E-state index contributed by atoms with van der Waals surface area (Å²) in [5.41, 5.74) is 3.01. The highest BCUT2D eigenvalue weighted by Gasteiger charge is 2.24. The van der Waals surface area contributed by atoms with Crippen molar-refractivity contribution in [2.24, 2.45) is 11.8 Å². The van der Waals surface area contributed by atoms with Gasteiger partial charge in [0.1, 0.15) is 5.82 Å². The van der Waals surface area contributed by atoms with Gasteiger partial charge in [0.25, 0.3) is 0 Å². The molecule has 0 radical (unpaired) electrons. The summed E-state index contributed by atoms with van der Waals surface area (Å²) in [6.45, 7) is 0. The lowest BCUT2D eigenvalue weighted by Gasteiger charge is -2.24. The standard InChI is InChI=1S/C16H21FN2S/c17-13-8-7-12-9-15(20-14(12)10-13)16(19-18)11-5-3-1-2-4-6-11/h7-11,16,19H,1-6,18H2.